The molecular weight excluding hydrogens is 232 g/mol. The minimum atomic E-state index is 0.661. The zero-order chi connectivity index (χ0) is 12.0. The Morgan fingerprint density at radius 1 is 1.41 bits per heavy atom. The normalized spacial score (nSPS) is 23.2. The van der Waals surface area contributed by atoms with Gasteiger partial charge in [0.25, 0.3) is 0 Å². The maximum Gasteiger partial charge on any atom is 0.0485 e. The van der Waals surface area contributed by atoms with E-state index >= 15 is 0 Å². The van der Waals surface area contributed by atoms with Crippen LogP contribution in [0, 0.1) is 13.8 Å². The highest BCUT2D eigenvalue weighted by atomic mass is 35.5. The van der Waals surface area contributed by atoms with E-state index in [-0.39, 0.29) is 0 Å². The molecule has 1 saturated heterocycles. The molecule has 1 aromatic carbocycles. The first-order chi connectivity index (χ1) is 8.18. The largest absolute Gasteiger partial charge is 0.366 e. The lowest BCUT2D eigenvalue weighted by Crippen LogP contribution is -2.53. The quantitative estimate of drug-likeness (QED) is 0.762. The van der Waals surface area contributed by atoms with Gasteiger partial charge in [-0.15, -0.1) is 0 Å². The van der Waals surface area contributed by atoms with Gasteiger partial charge in [0.05, 0.1) is 0 Å². The second kappa shape index (κ2) is 4.18. The molecule has 3 heteroatoms. The molecule has 1 aromatic rings. The average molecular weight is 251 g/mol. The molecule has 0 bridgehead atoms. The second-order valence-electron chi connectivity index (χ2n) is 5.23. The third kappa shape index (κ3) is 1.74. The van der Waals surface area contributed by atoms with E-state index < -0.39 is 0 Å². The van der Waals surface area contributed by atoms with Gasteiger partial charge in [-0.3, -0.25) is 0 Å². The van der Waals surface area contributed by atoms with Gasteiger partial charge in [-0.25, -0.2) is 0 Å². The van der Waals surface area contributed by atoms with Crippen LogP contribution in [0.1, 0.15) is 23.1 Å². The van der Waals surface area contributed by atoms with Crippen molar-refractivity contribution >= 4 is 17.3 Å². The number of piperazine rings is 1. The predicted octanol–water partition coefficient (Wildman–Crippen LogP) is 2.68. The number of fused-ring (bicyclic) bond motifs is 3. The lowest BCUT2D eigenvalue weighted by molar-refractivity contribution is 0.439. The van der Waals surface area contributed by atoms with Crippen LogP contribution in [0.15, 0.2) is 6.07 Å². The van der Waals surface area contributed by atoms with Crippen LogP contribution in [0.3, 0.4) is 0 Å². The summed E-state index contributed by atoms with van der Waals surface area (Å²) in [5.74, 6) is 0. The van der Waals surface area contributed by atoms with Crippen LogP contribution < -0.4 is 10.2 Å². The first-order valence-electron chi connectivity index (χ1n) is 6.44. The van der Waals surface area contributed by atoms with Crippen molar-refractivity contribution < 1.29 is 0 Å². The molecule has 1 fully saturated rings. The van der Waals surface area contributed by atoms with Crippen molar-refractivity contribution in [3.05, 3.63) is 27.8 Å². The van der Waals surface area contributed by atoms with Crippen molar-refractivity contribution in [1.82, 2.24) is 5.32 Å². The molecule has 0 saturated carbocycles. The number of hydrogen-bond acceptors (Lipinski definition) is 2. The maximum atomic E-state index is 6.40. The van der Waals surface area contributed by atoms with Gasteiger partial charge in [0.2, 0.25) is 0 Å². The van der Waals surface area contributed by atoms with Crippen molar-refractivity contribution in [3.63, 3.8) is 0 Å². The van der Waals surface area contributed by atoms with Gasteiger partial charge in [0, 0.05) is 36.4 Å². The molecule has 0 unspecified atom stereocenters. The highest BCUT2D eigenvalue weighted by molar-refractivity contribution is 6.32. The first kappa shape index (κ1) is 11.4. The zero-order valence-electron chi connectivity index (χ0n) is 10.5. The number of benzene rings is 1. The number of rotatable bonds is 0. The van der Waals surface area contributed by atoms with Crippen LogP contribution in [-0.4, -0.2) is 25.7 Å². The minimum absolute atomic E-state index is 0.661. The molecule has 92 valence electrons. The summed E-state index contributed by atoms with van der Waals surface area (Å²) in [7, 11) is 0. The van der Waals surface area contributed by atoms with E-state index in [1.807, 2.05) is 0 Å². The fourth-order valence-electron chi connectivity index (χ4n) is 3.26. The highest BCUT2D eigenvalue weighted by Crippen LogP contribution is 2.39. The molecule has 1 atom stereocenters. The molecule has 0 aliphatic carbocycles. The summed E-state index contributed by atoms with van der Waals surface area (Å²) in [6.45, 7) is 7.58. The SMILES string of the molecule is Cc1cc2c(c(C)c1Cl)N1CCNC[C@@H]1CC2. The summed E-state index contributed by atoms with van der Waals surface area (Å²) in [5, 5.41) is 4.43. The average Bonchev–Trinajstić information content (AvgIpc) is 2.35. The maximum absolute atomic E-state index is 6.40. The van der Waals surface area contributed by atoms with E-state index in [9.17, 15) is 0 Å². The van der Waals surface area contributed by atoms with E-state index in [2.05, 4.69) is 30.1 Å². The fourth-order valence-corrected chi connectivity index (χ4v) is 3.40. The number of aryl methyl sites for hydroxylation is 2. The van der Waals surface area contributed by atoms with Gasteiger partial charge in [-0.2, -0.15) is 0 Å². The minimum Gasteiger partial charge on any atom is -0.366 e. The van der Waals surface area contributed by atoms with Crippen LogP contribution in [0.25, 0.3) is 0 Å². The van der Waals surface area contributed by atoms with E-state index in [1.165, 1.54) is 35.2 Å². The molecule has 0 amide bonds. The van der Waals surface area contributed by atoms with E-state index in [0.29, 0.717) is 6.04 Å². The Labute approximate surface area is 108 Å². The Morgan fingerprint density at radius 2 is 2.24 bits per heavy atom. The molecule has 3 rings (SSSR count). The molecule has 0 radical (unpaired) electrons. The smallest absolute Gasteiger partial charge is 0.0485 e. The lowest BCUT2D eigenvalue weighted by Gasteiger charge is -2.43. The molecule has 1 N–H and O–H groups in total. The number of hydrogen-bond donors (Lipinski definition) is 1. The summed E-state index contributed by atoms with van der Waals surface area (Å²) < 4.78 is 0. The molecule has 0 aromatic heterocycles. The van der Waals surface area contributed by atoms with Gasteiger partial charge in [0.1, 0.15) is 0 Å². The highest BCUT2D eigenvalue weighted by Gasteiger charge is 2.30. The van der Waals surface area contributed by atoms with Crippen LogP contribution in [0.2, 0.25) is 5.02 Å². The monoisotopic (exact) mass is 250 g/mol. The Morgan fingerprint density at radius 3 is 3.06 bits per heavy atom. The molecule has 2 aliphatic heterocycles. The van der Waals surface area contributed by atoms with Crippen LogP contribution in [0.5, 0.6) is 0 Å². The van der Waals surface area contributed by atoms with Crippen molar-refractivity contribution in [2.75, 3.05) is 24.5 Å². The van der Waals surface area contributed by atoms with Gasteiger partial charge in [-0.05, 0) is 43.4 Å². The summed E-state index contributed by atoms with van der Waals surface area (Å²) in [6.07, 6.45) is 2.46. The summed E-state index contributed by atoms with van der Waals surface area (Å²) in [5.41, 5.74) is 5.39. The molecule has 0 spiro atoms. The Bertz CT molecular complexity index is 456. The third-order valence-corrected chi connectivity index (χ3v) is 4.69. The van der Waals surface area contributed by atoms with Crippen LogP contribution >= 0.6 is 11.6 Å². The number of halogens is 1. The van der Waals surface area contributed by atoms with E-state index in [1.54, 1.807) is 0 Å². The Balaban J connectivity index is 2.12. The Hall–Kier alpha value is -0.730. The van der Waals surface area contributed by atoms with E-state index in [0.717, 1.165) is 24.7 Å². The number of anilines is 1. The molecule has 17 heavy (non-hydrogen) atoms. The van der Waals surface area contributed by atoms with Crippen LogP contribution in [-0.2, 0) is 6.42 Å². The third-order valence-electron chi connectivity index (χ3n) is 4.11. The zero-order valence-corrected chi connectivity index (χ0v) is 11.3. The topological polar surface area (TPSA) is 15.3 Å². The fraction of sp³-hybridized carbons (Fsp3) is 0.571. The summed E-state index contributed by atoms with van der Waals surface area (Å²) in [6, 6.07) is 2.94. The van der Waals surface area contributed by atoms with E-state index in [4.69, 9.17) is 11.6 Å². The molecule has 2 aliphatic rings. The second-order valence-corrected chi connectivity index (χ2v) is 5.61. The van der Waals surface area contributed by atoms with Crippen molar-refractivity contribution in [3.8, 4) is 0 Å². The van der Waals surface area contributed by atoms with Crippen molar-refractivity contribution in [2.45, 2.75) is 32.7 Å². The number of nitrogens with one attached hydrogen (secondary N) is 1. The van der Waals surface area contributed by atoms with Gasteiger partial charge >= 0.3 is 0 Å². The van der Waals surface area contributed by atoms with Gasteiger partial charge < -0.3 is 10.2 Å². The summed E-state index contributed by atoms with van der Waals surface area (Å²) in [4.78, 5) is 2.57. The molecular formula is C14H19ClN2. The number of nitrogens with zero attached hydrogens (tertiary/aromatic N) is 1. The van der Waals surface area contributed by atoms with Gasteiger partial charge in [-0.1, -0.05) is 17.7 Å². The predicted molar refractivity (Wildman–Crippen MR) is 73.3 cm³/mol. The summed E-state index contributed by atoms with van der Waals surface area (Å²) >= 11 is 6.40. The van der Waals surface area contributed by atoms with Crippen molar-refractivity contribution in [1.29, 1.82) is 0 Å². The van der Waals surface area contributed by atoms with Crippen molar-refractivity contribution in [2.24, 2.45) is 0 Å². The first-order valence-corrected chi connectivity index (χ1v) is 6.82. The standard InChI is InChI=1S/C14H19ClN2/c1-9-7-11-3-4-12-8-16-5-6-17(12)14(11)10(2)13(9)15/h7,12,16H,3-6,8H2,1-2H3/t12-/m0/s1. The van der Waals surface area contributed by atoms with Crippen LogP contribution in [0.4, 0.5) is 5.69 Å². The molecule has 2 heterocycles. The molecule has 2 nitrogen and oxygen atoms in total. The lowest BCUT2D eigenvalue weighted by atomic mass is 9.90. The van der Waals surface area contributed by atoms with Gasteiger partial charge in [0.15, 0.2) is 0 Å². The Kier molecular flexibility index (Phi) is 2.80.